The molecule has 6 N–H and O–H groups in total. The van der Waals surface area contributed by atoms with Crippen molar-refractivity contribution in [2.45, 2.75) is 6.42 Å². The normalized spacial score (nSPS) is 12.9. The summed E-state index contributed by atoms with van der Waals surface area (Å²) in [6.07, 6.45) is 3.70. The van der Waals surface area contributed by atoms with Crippen molar-refractivity contribution in [2.75, 3.05) is 31.9 Å². The number of hydrogen-bond acceptors (Lipinski definition) is 9. The molecule has 4 aromatic heterocycles. The summed E-state index contributed by atoms with van der Waals surface area (Å²) in [7, 11) is 2.84. The topological polar surface area (TPSA) is 186 Å². The van der Waals surface area contributed by atoms with Crippen molar-refractivity contribution < 1.29 is 39.2 Å². The Hall–Kier alpha value is -6.02. The van der Waals surface area contributed by atoms with Crippen LogP contribution in [0.2, 0.25) is 0 Å². The third-order valence-corrected chi connectivity index (χ3v) is 9.56. The molecule has 0 radical (unpaired) electrons. The Balaban J connectivity index is 1.18. The quantitative estimate of drug-likeness (QED) is 0.136. The van der Waals surface area contributed by atoms with E-state index in [2.05, 4.69) is 15.0 Å². The lowest BCUT2D eigenvalue weighted by Gasteiger charge is -2.19. The Morgan fingerprint density at radius 2 is 1.56 bits per heavy atom. The monoisotopic (exact) mass is 665 g/mol. The third-order valence-electron chi connectivity index (χ3n) is 8.97. The molecule has 7 aromatic rings. The first kappa shape index (κ1) is 29.4. The van der Waals surface area contributed by atoms with Gasteiger partial charge in [-0.15, -0.1) is 0 Å². The van der Waals surface area contributed by atoms with E-state index in [4.69, 9.17) is 9.47 Å². The van der Waals surface area contributed by atoms with Crippen LogP contribution in [0.15, 0.2) is 48.7 Å². The number of phenols is 3. The molecule has 5 heterocycles. The Labute approximate surface area is 274 Å². The number of benzene rings is 3. The van der Waals surface area contributed by atoms with Gasteiger partial charge in [0, 0.05) is 51.9 Å². The van der Waals surface area contributed by atoms with Crippen molar-refractivity contribution in [3.63, 3.8) is 0 Å². The molecule has 48 heavy (non-hydrogen) atoms. The second-order valence-corrected chi connectivity index (χ2v) is 12.2. The first-order valence-electron chi connectivity index (χ1n) is 14.8. The van der Waals surface area contributed by atoms with Crippen LogP contribution in [-0.4, -0.2) is 78.8 Å². The van der Waals surface area contributed by atoms with E-state index >= 15 is 0 Å². The number of amides is 1. The summed E-state index contributed by atoms with van der Waals surface area (Å²) >= 11 is 1.06. The predicted octanol–water partition coefficient (Wildman–Crippen LogP) is 5.61. The molecule has 0 aliphatic carbocycles. The van der Waals surface area contributed by atoms with Gasteiger partial charge in [-0.3, -0.25) is 19.0 Å². The molecule has 242 valence electrons. The molecule has 13 nitrogen and oxygen atoms in total. The van der Waals surface area contributed by atoms with Gasteiger partial charge >= 0.3 is 0 Å². The van der Waals surface area contributed by atoms with Crippen LogP contribution in [0.1, 0.15) is 37.0 Å². The van der Waals surface area contributed by atoms with Gasteiger partial charge in [-0.2, -0.15) is 0 Å². The van der Waals surface area contributed by atoms with E-state index in [9.17, 15) is 29.7 Å². The highest BCUT2D eigenvalue weighted by molar-refractivity contribution is 8.13. The molecule has 1 amide bonds. The van der Waals surface area contributed by atoms with Gasteiger partial charge in [0.2, 0.25) is 5.12 Å². The number of nitrogens with one attached hydrogen (secondary N) is 3. The zero-order chi connectivity index (χ0) is 33.6. The number of anilines is 1. The van der Waals surface area contributed by atoms with Gasteiger partial charge in [-0.05, 0) is 48.6 Å². The van der Waals surface area contributed by atoms with Crippen LogP contribution in [0.5, 0.6) is 28.7 Å². The number of carbonyl (C=O) groups is 3. The number of aromatic nitrogens is 4. The standard InChI is InChI=1S/C34H27N5O8S/c1-46-26-12-19-14(9-24(26)40)8-20(35-19)32(43)38-6-4-15-17-10-21(36-27(17)25(41)13-23(15)38)33(44)39-7-5-16-18-11-22(34(45)48-3)37-28(18)31(47-2)30(42)29(16)39/h4,6,8-13,35-37,40-42H,5,7H2,1-3H3. The van der Waals surface area contributed by atoms with Crippen molar-refractivity contribution in [3.05, 3.63) is 71.3 Å². The minimum Gasteiger partial charge on any atom is -0.506 e. The lowest BCUT2D eigenvalue weighted by molar-refractivity contribution is 0.0958. The number of methoxy groups -OCH3 is 2. The molecule has 0 saturated heterocycles. The minimum atomic E-state index is -0.447. The molecule has 8 rings (SSSR count). The van der Waals surface area contributed by atoms with Crippen molar-refractivity contribution in [2.24, 2.45) is 0 Å². The summed E-state index contributed by atoms with van der Waals surface area (Å²) in [6, 6.07) is 11.2. The van der Waals surface area contributed by atoms with Crippen LogP contribution in [0.3, 0.4) is 0 Å². The first-order chi connectivity index (χ1) is 23.1. The molecule has 0 atom stereocenters. The number of H-pyrrole nitrogens is 3. The van der Waals surface area contributed by atoms with Crippen molar-refractivity contribution in [1.29, 1.82) is 0 Å². The predicted molar refractivity (Wildman–Crippen MR) is 181 cm³/mol. The average Bonchev–Trinajstić information content (AvgIpc) is 3.91. The van der Waals surface area contributed by atoms with Gasteiger partial charge in [0.25, 0.3) is 11.8 Å². The molecular formula is C34H27N5O8S. The fourth-order valence-corrected chi connectivity index (χ4v) is 7.08. The lowest BCUT2D eigenvalue weighted by Crippen LogP contribution is -2.29. The van der Waals surface area contributed by atoms with Gasteiger partial charge in [-0.25, -0.2) is 0 Å². The number of aromatic hydroxyl groups is 3. The van der Waals surface area contributed by atoms with Crippen LogP contribution >= 0.6 is 11.8 Å². The largest absolute Gasteiger partial charge is 0.506 e. The van der Waals surface area contributed by atoms with E-state index in [1.54, 1.807) is 42.8 Å². The zero-order valence-electron chi connectivity index (χ0n) is 25.7. The maximum Gasteiger partial charge on any atom is 0.278 e. The number of ether oxygens (including phenoxy) is 2. The smallest absolute Gasteiger partial charge is 0.278 e. The van der Waals surface area contributed by atoms with E-state index in [0.717, 1.165) is 11.8 Å². The fourth-order valence-electron chi connectivity index (χ4n) is 6.75. The Kier molecular flexibility index (Phi) is 6.43. The maximum absolute atomic E-state index is 14.0. The van der Waals surface area contributed by atoms with Gasteiger partial charge in [-0.1, -0.05) is 11.8 Å². The second-order valence-electron chi connectivity index (χ2n) is 11.5. The Bertz CT molecular complexity index is 2540. The maximum atomic E-state index is 14.0. The molecule has 0 bridgehead atoms. The van der Waals surface area contributed by atoms with Crippen LogP contribution in [0.4, 0.5) is 5.69 Å². The minimum absolute atomic E-state index is 0.0548. The summed E-state index contributed by atoms with van der Waals surface area (Å²) in [6.45, 7) is 0.261. The summed E-state index contributed by atoms with van der Waals surface area (Å²) in [5.74, 6) is -0.904. The van der Waals surface area contributed by atoms with Crippen molar-refractivity contribution in [3.8, 4) is 28.7 Å². The second kappa shape index (κ2) is 10.5. The highest BCUT2D eigenvalue weighted by atomic mass is 32.2. The summed E-state index contributed by atoms with van der Waals surface area (Å²) in [5, 5.41) is 34.8. The van der Waals surface area contributed by atoms with E-state index in [1.807, 2.05) is 0 Å². The van der Waals surface area contributed by atoms with E-state index in [-0.39, 0.29) is 51.8 Å². The summed E-state index contributed by atoms with van der Waals surface area (Å²) in [4.78, 5) is 50.7. The highest BCUT2D eigenvalue weighted by Gasteiger charge is 2.35. The van der Waals surface area contributed by atoms with Gasteiger partial charge in [0.1, 0.15) is 17.1 Å². The van der Waals surface area contributed by atoms with E-state index in [1.165, 1.54) is 35.8 Å². The number of fused-ring (bicyclic) bond motifs is 7. The van der Waals surface area contributed by atoms with Crippen LogP contribution in [0.25, 0.3) is 43.6 Å². The average molecular weight is 666 g/mol. The fraction of sp³-hybridized carbons (Fsp3) is 0.147. The van der Waals surface area contributed by atoms with E-state index in [0.29, 0.717) is 67.0 Å². The van der Waals surface area contributed by atoms with Crippen molar-refractivity contribution in [1.82, 2.24) is 19.5 Å². The molecule has 3 aromatic carbocycles. The number of aromatic amines is 3. The molecule has 0 spiro atoms. The number of hydrogen-bond donors (Lipinski definition) is 6. The molecular weight excluding hydrogens is 638 g/mol. The molecule has 0 fully saturated rings. The molecule has 1 aliphatic heterocycles. The lowest BCUT2D eigenvalue weighted by atomic mass is 10.1. The number of carbonyl (C=O) groups excluding carboxylic acids is 3. The molecule has 14 heteroatoms. The number of thioether (sulfide) groups is 1. The van der Waals surface area contributed by atoms with Crippen LogP contribution in [0, 0.1) is 0 Å². The summed E-state index contributed by atoms with van der Waals surface area (Å²) < 4.78 is 12.1. The Morgan fingerprint density at radius 1 is 0.812 bits per heavy atom. The first-order valence-corrected chi connectivity index (χ1v) is 16.0. The van der Waals surface area contributed by atoms with E-state index < -0.39 is 11.8 Å². The Morgan fingerprint density at radius 3 is 2.31 bits per heavy atom. The molecule has 0 saturated carbocycles. The zero-order valence-corrected chi connectivity index (χ0v) is 26.5. The van der Waals surface area contributed by atoms with Gasteiger partial charge in [0.15, 0.2) is 23.0 Å². The SMILES string of the molecule is COc1cc2[nH]c(C(=O)n3ccc4c5cc(C(=O)N6CCc7c6c(O)c(OC)c6[nH]c(C(=O)SC)cc76)[nH]c5c(O)cc43)cc2cc1O. The number of rotatable bonds is 5. The molecule has 1 aliphatic rings. The number of nitrogens with zero attached hydrogens (tertiary/aromatic N) is 2. The summed E-state index contributed by atoms with van der Waals surface area (Å²) in [5.41, 5.74) is 3.57. The van der Waals surface area contributed by atoms with Gasteiger partial charge < -0.3 is 44.6 Å². The molecule has 0 unspecified atom stereocenters. The van der Waals surface area contributed by atoms with Crippen LogP contribution < -0.4 is 14.4 Å². The van der Waals surface area contributed by atoms with Crippen LogP contribution in [-0.2, 0) is 6.42 Å². The number of phenolic OH excluding ortho intramolecular Hbond substituents is 3. The highest BCUT2D eigenvalue weighted by Crippen LogP contribution is 2.49. The third kappa shape index (κ3) is 4.08. The van der Waals surface area contributed by atoms with Gasteiger partial charge in [0.05, 0.1) is 42.2 Å². The van der Waals surface area contributed by atoms with Crippen molar-refractivity contribution >= 4 is 78.0 Å².